The van der Waals surface area contributed by atoms with Crippen molar-refractivity contribution < 1.29 is 4.79 Å². The predicted molar refractivity (Wildman–Crippen MR) is 80.1 cm³/mol. The maximum absolute atomic E-state index is 11.9. The van der Waals surface area contributed by atoms with Crippen molar-refractivity contribution in [3.63, 3.8) is 0 Å². The molecule has 0 fully saturated rings. The lowest BCUT2D eigenvalue weighted by molar-refractivity contribution is -0.113. The first-order chi connectivity index (χ1) is 8.65. The topological polar surface area (TPSA) is 17.1 Å². The van der Waals surface area contributed by atoms with Gasteiger partial charge in [0.2, 0.25) is 5.78 Å². The summed E-state index contributed by atoms with van der Waals surface area (Å²) >= 11 is 0. The van der Waals surface area contributed by atoms with Gasteiger partial charge in [-0.2, -0.15) is 0 Å². The van der Waals surface area contributed by atoms with Crippen molar-refractivity contribution in [3.8, 4) is 11.5 Å². The molecule has 0 heterocycles. The molecule has 1 rings (SSSR count). The van der Waals surface area contributed by atoms with Crippen LogP contribution in [0.15, 0.2) is 30.3 Å². The molecule has 1 nitrogen and oxygen atoms in total. The molecule has 0 saturated carbocycles. The maximum Gasteiger partial charge on any atom is 0.209 e. The largest absolute Gasteiger partial charge is 0.285 e. The summed E-state index contributed by atoms with van der Waals surface area (Å²) < 4.78 is 0. The Morgan fingerprint density at radius 1 is 1.06 bits per heavy atom. The number of benzene rings is 1. The molecule has 0 atom stereocenters. The summed E-state index contributed by atoms with van der Waals surface area (Å²) in [5.41, 5.74) is 4.39. The highest BCUT2D eigenvalue weighted by atomic mass is 28.3. The van der Waals surface area contributed by atoms with Gasteiger partial charge >= 0.3 is 0 Å². The van der Waals surface area contributed by atoms with Gasteiger partial charge in [-0.3, -0.25) is 4.79 Å². The van der Waals surface area contributed by atoms with Crippen LogP contribution in [0.4, 0.5) is 0 Å². The molecule has 0 aliphatic carbocycles. The van der Waals surface area contributed by atoms with Gasteiger partial charge in [0.1, 0.15) is 8.07 Å². The smallest absolute Gasteiger partial charge is 0.209 e. The second-order valence-corrected chi connectivity index (χ2v) is 9.61. The molecule has 96 valence electrons. The summed E-state index contributed by atoms with van der Waals surface area (Å²) in [6.07, 6.45) is 0.440. The average Bonchev–Trinajstić information content (AvgIpc) is 2.42. The first-order valence-corrected chi connectivity index (χ1v) is 9.38. The summed E-state index contributed by atoms with van der Waals surface area (Å²) in [5.74, 6) is 2.95. The molecule has 0 aliphatic heterocycles. The Morgan fingerprint density at radius 2 is 1.61 bits per heavy atom. The molecule has 0 aromatic heterocycles. The van der Waals surface area contributed by atoms with Gasteiger partial charge in [-0.05, 0) is 29.6 Å². The highest BCUT2D eigenvalue weighted by Crippen LogP contribution is 2.18. The molecule has 1 aromatic rings. The van der Waals surface area contributed by atoms with E-state index in [0.29, 0.717) is 6.42 Å². The van der Waals surface area contributed by atoms with E-state index in [-0.39, 0.29) is 5.78 Å². The molecular weight excluding hydrogens is 236 g/mol. The molecule has 0 aliphatic rings. The van der Waals surface area contributed by atoms with Crippen molar-refractivity contribution in [2.24, 2.45) is 0 Å². The number of hydrogen-bond acceptors (Lipinski definition) is 1. The zero-order chi connectivity index (χ0) is 13.4. The van der Waals surface area contributed by atoms with Crippen molar-refractivity contribution in [1.29, 1.82) is 0 Å². The van der Waals surface area contributed by atoms with Crippen molar-refractivity contribution in [2.45, 2.75) is 45.3 Å². The van der Waals surface area contributed by atoms with E-state index >= 15 is 0 Å². The van der Waals surface area contributed by atoms with Gasteiger partial charge in [0.05, 0.1) is 0 Å². The minimum atomic E-state index is -1.48. The molecule has 0 spiro atoms. The minimum absolute atomic E-state index is 0.0495. The van der Waals surface area contributed by atoms with Crippen LogP contribution in [0.1, 0.15) is 26.3 Å². The van der Waals surface area contributed by atoms with Gasteiger partial charge in [0.25, 0.3) is 0 Å². The van der Waals surface area contributed by atoms with Crippen LogP contribution < -0.4 is 0 Å². The van der Waals surface area contributed by atoms with E-state index < -0.39 is 8.07 Å². The van der Waals surface area contributed by atoms with Crippen molar-refractivity contribution in [3.05, 3.63) is 35.9 Å². The quantitative estimate of drug-likeness (QED) is 0.579. The Labute approximate surface area is 112 Å². The lowest BCUT2D eigenvalue weighted by Gasteiger charge is -2.19. The van der Waals surface area contributed by atoms with Crippen LogP contribution in [0.2, 0.25) is 18.1 Å². The van der Waals surface area contributed by atoms with Crippen molar-refractivity contribution in [2.75, 3.05) is 0 Å². The lowest BCUT2D eigenvalue weighted by Crippen LogP contribution is -2.29. The van der Waals surface area contributed by atoms with Crippen LogP contribution in [-0.2, 0) is 11.2 Å². The summed E-state index contributed by atoms with van der Waals surface area (Å²) in [4.78, 5) is 11.9. The van der Waals surface area contributed by atoms with Gasteiger partial charge in [-0.1, -0.05) is 51.1 Å². The summed E-state index contributed by atoms with van der Waals surface area (Å²) in [5, 5.41) is 0. The van der Waals surface area contributed by atoms with Gasteiger partial charge in [-0.25, -0.2) is 0 Å². The molecule has 0 saturated heterocycles. The predicted octanol–water partition coefficient (Wildman–Crippen LogP) is 3.85. The number of rotatable bonds is 5. The molecule has 0 N–H and O–H groups in total. The second kappa shape index (κ2) is 7.18. The third-order valence-electron chi connectivity index (χ3n) is 3.70. The fourth-order valence-electron chi connectivity index (χ4n) is 2.04. The molecular formula is C16H22OSi. The maximum atomic E-state index is 11.9. The van der Waals surface area contributed by atoms with Gasteiger partial charge in [-0.15, -0.1) is 5.54 Å². The van der Waals surface area contributed by atoms with E-state index in [4.69, 9.17) is 0 Å². The van der Waals surface area contributed by atoms with Crippen molar-refractivity contribution in [1.82, 2.24) is 0 Å². The Balaban J connectivity index is 2.71. The minimum Gasteiger partial charge on any atom is -0.285 e. The second-order valence-electron chi connectivity index (χ2n) is 4.68. The Kier molecular flexibility index (Phi) is 5.87. The lowest BCUT2D eigenvalue weighted by atomic mass is 10.1. The van der Waals surface area contributed by atoms with E-state index in [1.807, 2.05) is 30.3 Å². The van der Waals surface area contributed by atoms with Gasteiger partial charge in [0, 0.05) is 6.42 Å². The molecule has 2 heteroatoms. The monoisotopic (exact) mass is 258 g/mol. The van der Waals surface area contributed by atoms with Crippen LogP contribution in [0.25, 0.3) is 0 Å². The van der Waals surface area contributed by atoms with Crippen molar-refractivity contribution >= 4 is 13.9 Å². The number of carbonyl (C=O) groups excluding carboxylic acids is 1. The average molecular weight is 258 g/mol. The normalized spacial score (nSPS) is 10.6. The Morgan fingerprint density at radius 3 is 2.11 bits per heavy atom. The standard InChI is InChI=1S/C16H22OSi/c1-4-18(5-2,6-3)13-12-16(17)14-15-10-8-7-9-11-15/h7-11H,4-6,14H2,1-3H3. The third-order valence-corrected chi connectivity index (χ3v) is 8.42. The highest BCUT2D eigenvalue weighted by molar-refractivity contribution is 6.87. The van der Waals surface area contributed by atoms with E-state index in [9.17, 15) is 4.79 Å². The number of Topliss-reactive ketones (excluding diaryl/α,β-unsaturated/α-hetero) is 1. The van der Waals surface area contributed by atoms with E-state index in [1.165, 1.54) is 0 Å². The molecule has 0 bridgehead atoms. The zero-order valence-corrected chi connectivity index (χ0v) is 12.6. The fourth-order valence-corrected chi connectivity index (χ4v) is 4.48. The fraction of sp³-hybridized carbons (Fsp3) is 0.438. The molecule has 0 radical (unpaired) electrons. The first-order valence-electron chi connectivity index (χ1n) is 6.75. The molecule has 18 heavy (non-hydrogen) atoms. The Bertz CT molecular complexity index is 427. The van der Waals surface area contributed by atoms with E-state index in [0.717, 1.165) is 23.7 Å². The van der Waals surface area contributed by atoms with Crippen LogP contribution in [0, 0.1) is 11.5 Å². The first kappa shape index (κ1) is 14.7. The van der Waals surface area contributed by atoms with Crippen LogP contribution in [-0.4, -0.2) is 13.9 Å². The zero-order valence-electron chi connectivity index (χ0n) is 11.6. The van der Waals surface area contributed by atoms with E-state index in [1.54, 1.807) is 0 Å². The van der Waals surface area contributed by atoms with Crippen LogP contribution in [0.5, 0.6) is 0 Å². The molecule has 0 unspecified atom stereocenters. The number of ketones is 1. The van der Waals surface area contributed by atoms with Crippen LogP contribution in [0.3, 0.4) is 0 Å². The number of hydrogen-bond donors (Lipinski definition) is 0. The molecule has 0 amide bonds. The number of carbonyl (C=O) groups is 1. The third kappa shape index (κ3) is 4.16. The van der Waals surface area contributed by atoms with E-state index in [2.05, 4.69) is 32.2 Å². The van der Waals surface area contributed by atoms with Gasteiger partial charge < -0.3 is 0 Å². The highest BCUT2D eigenvalue weighted by Gasteiger charge is 2.24. The Hall–Kier alpha value is -1.33. The van der Waals surface area contributed by atoms with Gasteiger partial charge in [0.15, 0.2) is 0 Å². The summed E-state index contributed by atoms with van der Waals surface area (Å²) in [6.45, 7) is 6.61. The summed E-state index contributed by atoms with van der Waals surface area (Å²) in [6, 6.07) is 13.3. The summed E-state index contributed by atoms with van der Waals surface area (Å²) in [7, 11) is -1.48. The van der Waals surface area contributed by atoms with Crippen LogP contribution >= 0.6 is 0 Å². The molecule has 1 aromatic carbocycles. The SMILES string of the molecule is CC[Si](C#CC(=O)Cc1ccccc1)(CC)CC.